The highest BCUT2D eigenvalue weighted by Crippen LogP contribution is 2.28. The summed E-state index contributed by atoms with van der Waals surface area (Å²) < 4.78 is 15.9. The molecule has 0 fully saturated rings. The first-order valence-electron chi connectivity index (χ1n) is 7.70. The van der Waals surface area contributed by atoms with Crippen molar-refractivity contribution in [2.75, 3.05) is 0 Å². The van der Waals surface area contributed by atoms with E-state index in [4.69, 9.17) is 11.6 Å². The SMILES string of the molecule is CCn1c(Cc2ccccc2)nnc1SCc1c(F)cccc1Cl. The molecule has 0 aliphatic heterocycles. The normalized spacial score (nSPS) is 11.0. The number of hydrogen-bond acceptors (Lipinski definition) is 3. The fourth-order valence-electron chi connectivity index (χ4n) is 2.46. The van der Waals surface area contributed by atoms with Crippen LogP contribution in [0.5, 0.6) is 0 Å². The monoisotopic (exact) mass is 361 g/mol. The van der Waals surface area contributed by atoms with Gasteiger partial charge in [-0.25, -0.2) is 4.39 Å². The second-order valence-electron chi connectivity index (χ2n) is 5.29. The number of aromatic nitrogens is 3. The van der Waals surface area contributed by atoms with Gasteiger partial charge in [-0.2, -0.15) is 0 Å². The van der Waals surface area contributed by atoms with E-state index in [-0.39, 0.29) is 5.82 Å². The van der Waals surface area contributed by atoms with Gasteiger partial charge in [-0.1, -0.05) is 59.8 Å². The topological polar surface area (TPSA) is 30.7 Å². The molecule has 2 aromatic carbocycles. The van der Waals surface area contributed by atoms with Gasteiger partial charge in [0, 0.05) is 29.3 Å². The van der Waals surface area contributed by atoms with Crippen LogP contribution >= 0.6 is 23.4 Å². The third kappa shape index (κ3) is 3.79. The fraction of sp³-hybridized carbons (Fsp3) is 0.222. The van der Waals surface area contributed by atoms with E-state index in [1.807, 2.05) is 18.2 Å². The third-order valence-electron chi connectivity index (χ3n) is 3.72. The first-order valence-corrected chi connectivity index (χ1v) is 9.07. The number of rotatable bonds is 6. The Morgan fingerprint density at radius 3 is 2.58 bits per heavy atom. The summed E-state index contributed by atoms with van der Waals surface area (Å²) in [4.78, 5) is 0. The summed E-state index contributed by atoms with van der Waals surface area (Å²) in [5.74, 6) is 1.04. The molecule has 0 radical (unpaired) electrons. The number of thioether (sulfide) groups is 1. The predicted octanol–water partition coefficient (Wildman–Crippen LogP) is 4.97. The van der Waals surface area contributed by atoms with Crippen molar-refractivity contribution in [2.24, 2.45) is 0 Å². The van der Waals surface area contributed by atoms with E-state index in [0.717, 1.165) is 23.9 Å². The van der Waals surface area contributed by atoms with Gasteiger partial charge in [0.05, 0.1) is 0 Å². The lowest BCUT2D eigenvalue weighted by Crippen LogP contribution is -2.04. The molecule has 1 heterocycles. The lowest BCUT2D eigenvalue weighted by molar-refractivity contribution is 0.617. The van der Waals surface area contributed by atoms with Crippen molar-refractivity contribution >= 4 is 23.4 Å². The molecular weight excluding hydrogens is 345 g/mol. The van der Waals surface area contributed by atoms with Gasteiger partial charge in [0.1, 0.15) is 11.6 Å². The summed E-state index contributed by atoms with van der Waals surface area (Å²) in [6.07, 6.45) is 0.725. The average Bonchev–Trinajstić information content (AvgIpc) is 2.97. The second-order valence-corrected chi connectivity index (χ2v) is 6.64. The largest absolute Gasteiger partial charge is 0.306 e. The smallest absolute Gasteiger partial charge is 0.191 e. The highest BCUT2D eigenvalue weighted by molar-refractivity contribution is 7.98. The van der Waals surface area contributed by atoms with Crippen LogP contribution in [0.25, 0.3) is 0 Å². The van der Waals surface area contributed by atoms with Crippen molar-refractivity contribution < 1.29 is 4.39 Å². The van der Waals surface area contributed by atoms with Crippen LogP contribution < -0.4 is 0 Å². The van der Waals surface area contributed by atoms with Crippen LogP contribution in [0.3, 0.4) is 0 Å². The van der Waals surface area contributed by atoms with Crippen molar-refractivity contribution in [1.82, 2.24) is 14.8 Å². The first kappa shape index (κ1) is 17.0. The molecule has 6 heteroatoms. The summed E-state index contributed by atoms with van der Waals surface area (Å²) in [6.45, 7) is 2.82. The third-order valence-corrected chi connectivity index (χ3v) is 5.07. The van der Waals surface area contributed by atoms with Crippen molar-refractivity contribution in [2.45, 2.75) is 30.8 Å². The number of nitrogens with zero attached hydrogens (tertiary/aromatic N) is 3. The van der Waals surface area contributed by atoms with Gasteiger partial charge in [0.25, 0.3) is 0 Å². The van der Waals surface area contributed by atoms with Gasteiger partial charge in [0.2, 0.25) is 0 Å². The van der Waals surface area contributed by atoms with Crippen molar-refractivity contribution in [3.63, 3.8) is 0 Å². The van der Waals surface area contributed by atoms with E-state index in [2.05, 4.69) is 33.8 Å². The first-order chi connectivity index (χ1) is 11.7. The molecule has 0 spiro atoms. The van der Waals surface area contributed by atoms with Crippen LogP contribution in [0, 0.1) is 5.82 Å². The molecule has 0 aliphatic carbocycles. The molecule has 0 aliphatic rings. The Hall–Kier alpha value is -1.85. The zero-order valence-corrected chi connectivity index (χ0v) is 14.8. The van der Waals surface area contributed by atoms with Crippen LogP contribution in [-0.2, 0) is 18.7 Å². The summed E-state index contributed by atoms with van der Waals surface area (Å²) in [7, 11) is 0. The molecule has 24 heavy (non-hydrogen) atoms. The van der Waals surface area contributed by atoms with Crippen LogP contribution in [0.2, 0.25) is 5.02 Å². The number of halogens is 2. The Kier molecular flexibility index (Phi) is 5.53. The number of benzene rings is 2. The Balaban J connectivity index is 1.77. The Bertz CT molecular complexity index is 800. The molecule has 0 N–H and O–H groups in total. The standard InChI is InChI=1S/C18H17ClFN3S/c1-2-23-17(11-13-7-4-3-5-8-13)21-22-18(23)24-12-14-15(19)9-6-10-16(14)20/h3-10H,2,11-12H2,1H3. The van der Waals surface area contributed by atoms with E-state index >= 15 is 0 Å². The van der Waals surface area contributed by atoms with E-state index < -0.39 is 0 Å². The quantitative estimate of drug-likeness (QED) is 0.580. The summed E-state index contributed by atoms with van der Waals surface area (Å²) >= 11 is 7.54. The summed E-state index contributed by atoms with van der Waals surface area (Å²) in [5.41, 5.74) is 1.69. The van der Waals surface area contributed by atoms with Gasteiger partial charge in [-0.05, 0) is 24.6 Å². The van der Waals surface area contributed by atoms with Crippen LogP contribution in [-0.4, -0.2) is 14.8 Å². The molecule has 0 saturated heterocycles. The van der Waals surface area contributed by atoms with Crippen molar-refractivity contribution in [3.05, 3.63) is 76.3 Å². The highest BCUT2D eigenvalue weighted by Gasteiger charge is 2.14. The van der Waals surface area contributed by atoms with Crippen LogP contribution in [0.4, 0.5) is 4.39 Å². The predicted molar refractivity (Wildman–Crippen MR) is 95.9 cm³/mol. The number of hydrogen-bond donors (Lipinski definition) is 0. The van der Waals surface area contributed by atoms with Gasteiger partial charge in [-0.15, -0.1) is 10.2 Å². The maximum Gasteiger partial charge on any atom is 0.191 e. The average molecular weight is 362 g/mol. The zero-order valence-electron chi connectivity index (χ0n) is 13.2. The Labute approximate surface area is 149 Å². The van der Waals surface area contributed by atoms with Crippen LogP contribution in [0.15, 0.2) is 53.7 Å². The van der Waals surface area contributed by atoms with E-state index in [1.165, 1.54) is 23.4 Å². The second kappa shape index (κ2) is 7.81. The maximum absolute atomic E-state index is 13.9. The molecule has 0 unspecified atom stereocenters. The minimum atomic E-state index is -0.290. The van der Waals surface area contributed by atoms with E-state index in [9.17, 15) is 4.39 Å². The molecule has 3 nitrogen and oxygen atoms in total. The minimum absolute atomic E-state index is 0.290. The molecular formula is C18H17ClFN3S. The molecule has 124 valence electrons. The molecule has 0 amide bonds. The molecule has 0 saturated carbocycles. The van der Waals surface area contributed by atoms with Gasteiger partial charge in [0.15, 0.2) is 5.16 Å². The summed E-state index contributed by atoms with van der Waals surface area (Å²) in [6, 6.07) is 14.9. The molecule has 0 bridgehead atoms. The Morgan fingerprint density at radius 1 is 1.08 bits per heavy atom. The molecule has 1 aromatic heterocycles. The molecule has 3 rings (SSSR count). The Morgan fingerprint density at radius 2 is 1.88 bits per heavy atom. The van der Waals surface area contributed by atoms with Gasteiger partial charge < -0.3 is 4.57 Å². The maximum atomic E-state index is 13.9. The van der Waals surface area contributed by atoms with Gasteiger partial charge >= 0.3 is 0 Å². The molecule has 0 atom stereocenters. The zero-order chi connectivity index (χ0) is 16.9. The lowest BCUT2D eigenvalue weighted by Gasteiger charge is -2.08. The van der Waals surface area contributed by atoms with E-state index in [0.29, 0.717) is 16.3 Å². The van der Waals surface area contributed by atoms with Crippen molar-refractivity contribution in [1.29, 1.82) is 0 Å². The summed E-state index contributed by atoms with van der Waals surface area (Å²) in [5, 5.41) is 9.79. The molecule has 3 aromatic rings. The van der Waals surface area contributed by atoms with E-state index in [1.54, 1.807) is 12.1 Å². The lowest BCUT2D eigenvalue weighted by atomic mass is 10.1. The fourth-order valence-corrected chi connectivity index (χ4v) is 3.82. The minimum Gasteiger partial charge on any atom is -0.306 e. The van der Waals surface area contributed by atoms with Gasteiger partial charge in [-0.3, -0.25) is 0 Å². The van der Waals surface area contributed by atoms with Crippen molar-refractivity contribution in [3.8, 4) is 0 Å². The highest BCUT2D eigenvalue weighted by atomic mass is 35.5. The van der Waals surface area contributed by atoms with Crippen LogP contribution in [0.1, 0.15) is 23.9 Å².